The minimum atomic E-state index is 0.147. The zero-order chi connectivity index (χ0) is 19.2. The summed E-state index contributed by atoms with van der Waals surface area (Å²) in [6.45, 7) is 5.96. The highest BCUT2D eigenvalue weighted by atomic mass is 16.2. The molecule has 1 saturated carbocycles. The molecule has 3 fully saturated rings. The van der Waals surface area contributed by atoms with Gasteiger partial charge < -0.3 is 15.1 Å². The quantitative estimate of drug-likeness (QED) is 0.725. The lowest BCUT2D eigenvalue weighted by Gasteiger charge is -2.33. The molecule has 4 rings (SSSR count). The van der Waals surface area contributed by atoms with Crippen molar-refractivity contribution in [3.63, 3.8) is 0 Å². The van der Waals surface area contributed by atoms with Crippen molar-refractivity contribution in [3.8, 4) is 0 Å². The Balaban J connectivity index is 1.17. The average molecular weight is 386 g/mol. The predicted octanol–water partition coefficient (Wildman–Crippen LogP) is 1.98. The fourth-order valence-corrected chi connectivity index (χ4v) is 4.95. The number of hydrogen-bond donors (Lipinski definition) is 3. The number of aryl methyl sites for hydroxylation is 1. The summed E-state index contributed by atoms with van der Waals surface area (Å²) in [6.07, 6.45) is 6.72. The van der Waals surface area contributed by atoms with Gasteiger partial charge in [0, 0.05) is 38.3 Å². The van der Waals surface area contributed by atoms with Gasteiger partial charge in [0.15, 0.2) is 0 Å². The highest BCUT2D eigenvalue weighted by molar-refractivity contribution is 5.74. The molecule has 6 heteroatoms. The third-order valence-corrected chi connectivity index (χ3v) is 6.62. The maximum Gasteiger partial charge on any atom is 0.317 e. The van der Waals surface area contributed by atoms with Crippen LogP contribution in [0.4, 0.5) is 4.79 Å². The molecule has 2 heterocycles. The monoisotopic (exact) mass is 385 g/mol. The highest BCUT2D eigenvalue weighted by Gasteiger charge is 2.34. The van der Waals surface area contributed by atoms with Gasteiger partial charge in [-0.2, -0.15) is 0 Å². The summed E-state index contributed by atoms with van der Waals surface area (Å²) in [5, 5.41) is 3.32. The van der Waals surface area contributed by atoms with Crippen molar-refractivity contribution in [2.24, 2.45) is 5.92 Å². The summed E-state index contributed by atoms with van der Waals surface area (Å²) in [5.74, 6) is 0.656. The first kappa shape index (κ1) is 19.7. The van der Waals surface area contributed by atoms with E-state index in [-0.39, 0.29) is 6.03 Å². The van der Waals surface area contributed by atoms with E-state index in [1.54, 1.807) is 0 Å². The molecule has 2 saturated heterocycles. The van der Waals surface area contributed by atoms with Crippen LogP contribution in [0.5, 0.6) is 0 Å². The van der Waals surface area contributed by atoms with Crippen molar-refractivity contribution in [1.82, 2.24) is 26.0 Å². The van der Waals surface area contributed by atoms with Crippen molar-refractivity contribution in [1.29, 1.82) is 0 Å². The molecule has 28 heavy (non-hydrogen) atoms. The highest BCUT2D eigenvalue weighted by Crippen LogP contribution is 2.26. The lowest BCUT2D eigenvalue weighted by molar-refractivity contribution is 0.184. The van der Waals surface area contributed by atoms with Gasteiger partial charge in [0.25, 0.3) is 0 Å². The van der Waals surface area contributed by atoms with Crippen LogP contribution >= 0.6 is 0 Å². The van der Waals surface area contributed by atoms with E-state index in [2.05, 4.69) is 51.4 Å². The maximum atomic E-state index is 12.8. The number of rotatable bonds is 5. The predicted molar refractivity (Wildman–Crippen MR) is 112 cm³/mol. The lowest BCUT2D eigenvalue weighted by atomic mass is 9.83. The molecule has 0 bridgehead atoms. The van der Waals surface area contributed by atoms with Crippen LogP contribution in [0.25, 0.3) is 0 Å². The average Bonchev–Trinajstić information content (AvgIpc) is 3.05. The number of carbonyl (C=O) groups is 1. The fraction of sp³-hybridized carbons (Fsp3) is 0.682. The molecule has 1 aliphatic carbocycles. The number of hydrogen-bond acceptors (Lipinski definition) is 4. The van der Waals surface area contributed by atoms with Gasteiger partial charge in [-0.05, 0) is 63.1 Å². The smallest absolute Gasteiger partial charge is 0.317 e. The van der Waals surface area contributed by atoms with Gasteiger partial charge in [-0.25, -0.2) is 4.79 Å². The van der Waals surface area contributed by atoms with Crippen LogP contribution < -0.4 is 16.2 Å². The van der Waals surface area contributed by atoms with Crippen LogP contribution in [-0.2, 0) is 6.42 Å². The molecule has 3 aliphatic rings. The molecule has 1 aromatic rings. The zero-order valence-electron chi connectivity index (χ0n) is 16.9. The van der Waals surface area contributed by atoms with Gasteiger partial charge in [-0.1, -0.05) is 30.3 Å². The Morgan fingerprint density at radius 3 is 2.89 bits per heavy atom. The van der Waals surface area contributed by atoms with E-state index in [0.29, 0.717) is 18.0 Å². The third-order valence-electron chi connectivity index (χ3n) is 6.62. The summed E-state index contributed by atoms with van der Waals surface area (Å²) >= 11 is 0. The van der Waals surface area contributed by atoms with E-state index >= 15 is 0 Å². The van der Waals surface area contributed by atoms with E-state index in [1.807, 2.05) is 4.90 Å². The number of amides is 2. The molecule has 3 unspecified atom stereocenters. The number of carbonyl (C=O) groups excluding carboxylic acids is 1. The molecule has 0 radical (unpaired) electrons. The second kappa shape index (κ2) is 9.72. The van der Waals surface area contributed by atoms with Crippen molar-refractivity contribution in [2.75, 3.05) is 39.3 Å². The standard InChI is InChI=1S/C22H35N5O/c28-22(24-20-9-10-21-19(16-20)17-23-25-21)27-13-5-12-26(14-15-27)11-4-8-18-6-2-1-3-7-18/h1-3,6-7,19-21,23,25H,4-5,8-17H2,(H,24,28). The first-order chi connectivity index (χ1) is 13.8. The first-order valence-corrected chi connectivity index (χ1v) is 11.1. The number of nitrogens with zero attached hydrogens (tertiary/aromatic N) is 2. The Labute approximate surface area is 169 Å². The summed E-state index contributed by atoms with van der Waals surface area (Å²) in [7, 11) is 0. The molecule has 1 aromatic carbocycles. The van der Waals surface area contributed by atoms with Gasteiger partial charge in [0.1, 0.15) is 0 Å². The van der Waals surface area contributed by atoms with Crippen molar-refractivity contribution < 1.29 is 4.79 Å². The molecular formula is C22H35N5O. The van der Waals surface area contributed by atoms with E-state index in [9.17, 15) is 4.79 Å². The Hall–Kier alpha value is -1.63. The summed E-state index contributed by atoms with van der Waals surface area (Å²) in [4.78, 5) is 17.3. The summed E-state index contributed by atoms with van der Waals surface area (Å²) in [5.41, 5.74) is 8.04. The maximum absolute atomic E-state index is 12.8. The zero-order valence-corrected chi connectivity index (χ0v) is 16.9. The summed E-state index contributed by atoms with van der Waals surface area (Å²) in [6, 6.07) is 11.8. The second-order valence-corrected chi connectivity index (χ2v) is 8.62. The molecular weight excluding hydrogens is 350 g/mol. The van der Waals surface area contributed by atoms with Crippen molar-refractivity contribution in [2.45, 2.75) is 50.6 Å². The minimum absolute atomic E-state index is 0.147. The van der Waals surface area contributed by atoms with Crippen LogP contribution in [0.1, 0.15) is 37.7 Å². The van der Waals surface area contributed by atoms with Crippen molar-refractivity contribution in [3.05, 3.63) is 35.9 Å². The number of fused-ring (bicyclic) bond motifs is 1. The summed E-state index contributed by atoms with van der Waals surface area (Å²) < 4.78 is 0. The van der Waals surface area contributed by atoms with E-state index < -0.39 is 0 Å². The fourth-order valence-electron chi connectivity index (χ4n) is 4.95. The SMILES string of the molecule is O=C(NC1CCC2NNCC2C1)N1CCCN(CCCc2ccccc2)CC1. The van der Waals surface area contributed by atoms with E-state index in [4.69, 9.17) is 0 Å². The Morgan fingerprint density at radius 2 is 2.00 bits per heavy atom. The molecule has 3 N–H and O–H groups in total. The van der Waals surface area contributed by atoms with Crippen LogP contribution in [0.15, 0.2) is 30.3 Å². The molecule has 2 aliphatic heterocycles. The van der Waals surface area contributed by atoms with E-state index in [1.165, 1.54) is 12.0 Å². The molecule has 6 nitrogen and oxygen atoms in total. The Kier molecular flexibility index (Phi) is 6.83. The minimum Gasteiger partial charge on any atom is -0.335 e. The normalized spacial score (nSPS) is 28.6. The number of nitrogens with one attached hydrogen (secondary N) is 3. The van der Waals surface area contributed by atoms with Crippen LogP contribution in [-0.4, -0.2) is 67.2 Å². The first-order valence-electron chi connectivity index (χ1n) is 11.1. The number of urea groups is 1. The second-order valence-electron chi connectivity index (χ2n) is 8.62. The van der Waals surface area contributed by atoms with Gasteiger partial charge in [-0.3, -0.25) is 10.9 Å². The van der Waals surface area contributed by atoms with Crippen LogP contribution in [0.3, 0.4) is 0 Å². The van der Waals surface area contributed by atoms with Crippen LogP contribution in [0, 0.1) is 5.92 Å². The van der Waals surface area contributed by atoms with Gasteiger partial charge in [0.05, 0.1) is 0 Å². The number of benzene rings is 1. The third kappa shape index (κ3) is 5.25. The lowest BCUT2D eigenvalue weighted by Crippen LogP contribution is -2.49. The molecule has 3 atom stereocenters. The topological polar surface area (TPSA) is 59.6 Å². The van der Waals surface area contributed by atoms with Gasteiger partial charge in [0.2, 0.25) is 0 Å². The van der Waals surface area contributed by atoms with Gasteiger partial charge in [-0.15, -0.1) is 0 Å². The molecule has 154 valence electrons. The Morgan fingerprint density at radius 1 is 1.11 bits per heavy atom. The van der Waals surface area contributed by atoms with Crippen LogP contribution in [0.2, 0.25) is 0 Å². The molecule has 0 aromatic heterocycles. The Bertz CT molecular complexity index is 625. The van der Waals surface area contributed by atoms with E-state index in [0.717, 1.165) is 71.4 Å². The molecule has 0 spiro atoms. The largest absolute Gasteiger partial charge is 0.335 e. The van der Waals surface area contributed by atoms with Crippen molar-refractivity contribution >= 4 is 6.03 Å². The number of hydrazine groups is 1. The molecule has 2 amide bonds. The van der Waals surface area contributed by atoms with Gasteiger partial charge >= 0.3 is 6.03 Å².